The standard InChI is InChI=1S/C18H17.C9H13.C2H6Si.Zr/c1-12-10-14(3)18(11-13(12)2)17-9-8-15-6-4-5-7-16(15)17;1-6-5-7(2)9(4)8(6)3;1-3-2;/h4-11H,1-3H3;6H,1-4H3;1-2H3;. The first-order chi connectivity index (χ1) is 14.6. The van der Waals surface area contributed by atoms with E-state index in [1.54, 1.807) is 22.3 Å². The molecular formula is C29H36SiZr. The van der Waals surface area contributed by atoms with Crippen molar-refractivity contribution in [2.75, 3.05) is 0 Å². The topological polar surface area (TPSA) is 0 Å². The van der Waals surface area contributed by atoms with E-state index in [-0.39, 0.29) is 5.43 Å². The van der Waals surface area contributed by atoms with Gasteiger partial charge in [0.15, 0.2) is 0 Å². The molecule has 2 aromatic rings. The minimum atomic E-state index is -1.93. The van der Waals surface area contributed by atoms with Crippen molar-refractivity contribution in [3.63, 3.8) is 0 Å². The molecule has 4 rings (SSSR count). The van der Waals surface area contributed by atoms with Gasteiger partial charge in [-0.15, -0.1) is 0 Å². The predicted octanol–water partition coefficient (Wildman–Crippen LogP) is 8.23. The van der Waals surface area contributed by atoms with Crippen molar-refractivity contribution in [1.29, 1.82) is 0 Å². The number of hydrogen-bond acceptors (Lipinski definition) is 0. The second-order valence-corrected chi connectivity index (χ2v) is 27.3. The summed E-state index contributed by atoms with van der Waals surface area (Å²) in [6.45, 7) is 21.6. The maximum atomic E-state index is 2.71. The molecule has 2 aliphatic rings. The van der Waals surface area contributed by atoms with E-state index in [1.165, 1.54) is 33.4 Å². The molecule has 0 saturated carbocycles. The van der Waals surface area contributed by atoms with Crippen molar-refractivity contribution in [2.24, 2.45) is 5.92 Å². The second-order valence-electron chi connectivity index (χ2n) is 9.88. The van der Waals surface area contributed by atoms with Crippen molar-refractivity contribution in [1.82, 2.24) is 0 Å². The van der Waals surface area contributed by atoms with Gasteiger partial charge in [0, 0.05) is 0 Å². The summed E-state index contributed by atoms with van der Waals surface area (Å²) in [7, 11) is 0. The van der Waals surface area contributed by atoms with Crippen molar-refractivity contribution in [2.45, 2.75) is 65.2 Å². The number of fused-ring (bicyclic) bond motifs is 1. The summed E-state index contributed by atoms with van der Waals surface area (Å²) < 4.78 is 2.58. The number of hydrogen-bond donors (Lipinski definition) is 0. The third kappa shape index (κ3) is 3.79. The van der Waals surface area contributed by atoms with Crippen LogP contribution in [-0.2, 0) is 20.4 Å². The summed E-state index contributed by atoms with van der Waals surface area (Å²) in [5, 5.41) is 0. The van der Waals surface area contributed by atoms with E-state index in [1.807, 2.05) is 3.28 Å². The number of aryl methyl sites for hydroxylation is 3. The van der Waals surface area contributed by atoms with Gasteiger partial charge < -0.3 is 0 Å². The number of allylic oxidation sites excluding steroid dienone is 5. The maximum absolute atomic E-state index is 2.71. The molecule has 0 aliphatic heterocycles. The summed E-state index contributed by atoms with van der Waals surface area (Å²) in [6, 6.07) is 14.1. The fourth-order valence-electron chi connectivity index (χ4n) is 5.63. The van der Waals surface area contributed by atoms with Crippen LogP contribution in [0.1, 0.15) is 64.7 Å². The van der Waals surface area contributed by atoms with Crippen molar-refractivity contribution in [3.05, 3.63) is 95.9 Å². The minimum absolute atomic E-state index is 0.354. The molecule has 0 amide bonds. The Morgan fingerprint density at radius 3 is 2.03 bits per heavy atom. The van der Waals surface area contributed by atoms with Crippen molar-refractivity contribution in [3.8, 4) is 0 Å². The van der Waals surface area contributed by atoms with Gasteiger partial charge in [0.05, 0.1) is 0 Å². The quantitative estimate of drug-likeness (QED) is 0.370. The zero-order valence-corrected chi connectivity index (χ0v) is 24.2. The molecule has 2 heteroatoms. The summed E-state index contributed by atoms with van der Waals surface area (Å²) in [6.07, 6.45) is 2.71. The Hall–Kier alpha value is -1.24. The van der Waals surface area contributed by atoms with E-state index >= 15 is 0 Å². The predicted molar refractivity (Wildman–Crippen MR) is 135 cm³/mol. The SMILES string of the molecule is CC1=C(C)C(C)[C]([Zr]([CH]2C=C(c3cc(C)c(C)cc3C)c3ccccc32)=[Si](C)C)=C1C. The first-order valence-corrected chi connectivity index (χ1v) is 20.4. The van der Waals surface area contributed by atoms with E-state index in [0.29, 0.717) is 9.54 Å². The molecule has 2 aromatic carbocycles. The Labute approximate surface area is 197 Å². The van der Waals surface area contributed by atoms with E-state index < -0.39 is 20.4 Å². The van der Waals surface area contributed by atoms with Crippen LogP contribution in [0.25, 0.3) is 5.57 Å². The van der Waals surface area contributed by atoms with Gasteiger partial charge in [0.1, 0.15) is 0 Å². The monoisotopic (exact) mass is 502 g/mol. The van der Waals surface area contributed by atoms with Crippen LogP contribution in [-0.4, -0.2) is 5.43 Å². The van der Waals surface area contributed by atoms with Gasteiger partial charge in [0.25, 0.3) is 0 Å². The molecule has 0 aromatic heterocycles. The molecule has 2 aliphatic carbocycles. The first kappa shape index (κ1) is 22.9. The zero-order chi connectivity index (χ0) is 22.6. The second kappa shape index (κ2) is 8.60. The van der Waals surface area contributed by atoms with Gasteiger partial charge in [-0.25, -0.2) is 0 Å². The van der Waals surface area contributed by atoms with E-state index in [4.69, 9.17) is 0 Å². The van der Waals surface area contributed by atoms with Gasteiger partial charge in [-0.3, -0.25) is 0 Å². The van der Waals surface area contributed by atoms with E-state index in [9.17, 15) is 0 Å². The van der Waals surface area contributed by atoms with Crippen LogP contribution in [0, 0.1) is 26.7 Å². The number of rotatable bonds is 3. The average molecular weight is 504 g/mol. The molecule has 2 atom stereocenters. The van der Waals surface area contributed by atoms with Gasteiger partial charge in [-0.05, 0) is 0 Å². The molecule has 0 heterocycles. The van der Waals surface area contributed by atoms with E-state index in [2.05, 4.69) is 104 Å². The van der Waals surface area contributed by atoms with Gasteiger partial charge in [-0.1, -0.05) is 0 Å². The molecule has 160 valence electrons. The van der Waals surface area contributed by atoms with Crippen molar-refractivity contribution >= 4 is 11.0 Å². The molecule has 2 unspecified atom stereocenters. The summed E-state index contributed by atoms with van der Waals surface area (Å²) in [4.78, 5) is 0. The molecule has 0 saturated heterocycles. The average Bonchev–Trinajstić information content (AvgIpc) is 3.18. The van der Waals surface area contributed by atoms with Crippen LogP contribution < -0.4 is 0 Å². The van der Waals surface area contributed by atoms with Crippen LogP contribution in [0.5, 0.6) is 0 Å². The van der Waals surface area contributed by atoms with Gasteiger partial charge >= 0.3 is 198 Å². The molecule has 0 bridgehead atoms. The van der Waals surface area contributed by atoms with Crippen LogP contribution in [0.4, 0.5) is 0 Å². The Bertz CT molecular complexity index is 1220. The molecule has 0 fully saturated rings. The van der Waals surface area contributed by atoms with Crippen LogP contribution in [0.3, 0.4) is 0 Å². The third-order valence-corrected chi connectivity index (χ3v) is 26.4. The zero-order valence-electron chi connectivity index (χ0n) is 20.7. The fraction of sp³-hybridized carbons (Fsp3) is 0.379. The number of benzene rings is 2. The van der Waals surface area contributed by atoms with Crippen LogP contribution in [0.15, 0.2) is 62.5 Å². The van der Waals surface area contributed by atoms with E-state index in [0.717, 1.165) is 0 Å². The Balaban J connectivity index is 1.94. The van der Waals surface area contributed by atoms with Gasteiger partial charge in [-0.2, -0.15) is 0 Å². The first-order valence-electron chi connectivity index (χ1n) is 11.6. The Morgan fingerprint density at radius 2 is 1.42 bits per heavy atom. The fourth-order valence-corrected chi connectivity index (χ4v) is 25.3. The molecule has 0 spiro atoms. The third-order valence-electron chi connectivity index (χ3n) is 7.83. The summed E-state index contributed by atoms with van der Waals surface area (Å²) in [5.41, 5.74) is 14.7. The summed E-state index contributed by atoms with van der Waals surface area (Å²) >= 11 is -1.93. The normalized spacial score (nSPS) is 20.4. The van der Waals surface area contributed by atoms with Crippen LogP contribution >= 0.6 is 0 Å². The summed E-state index contributed by atoms with van der Waals surface area (Å²) in [5.74, 6) is 0.655. The Morgan fingerprint density at radius 1 is 0.774 bits per heavy atom. The Kier molecular flexibility index (Phi) is 6.36. The molecule has 0 radical (unpaired) electrons. The van der Waals surface area contributed by atoms with Gasteiger partial charge in [0.2, 0.25) is 0 Å². The molecule has 0 nitrogen and oxygen atoms in total. The molecule has 0 N–H and O–H groups in total. The molecular weight excluding hydrogens is 468 g/mol. The van der Waals surface area contributed by atoms with Crippen molar-refractivity contribution < 1.29 is 20.4 Å². The van der Waals surface area contributed by atoms with Crippen LogP contribution in [0.2, 0.25) is 13.1 Å². The molecule has 31 heavy (non-hydrogen) atoms.